The van der Waals surface area contributed by atoms with Crippen molar-refractivity contribution in [2.45, 2.75) is 13.3 Å². The van der Waals surface area contributed by atoms with E-state index in [1.165, 1.54) is 25.0 Å². The van der Waals surface area contributed by atoms with Crippen LogP contribution < -0.4 is 5.46 Å². The van der Waals surface area contributed by atoms with Gasteiger partial charge in [-0.2, -0.15) is 5.10 Å². The Hall–Kier alpha value is -3.43. The van der Waals surface area contributed by atoms with E-state index in [0.717, 1.165) is 5.56 Å². The van der Waals surface area contributed by atoms with E-state index in [2.05, 4.69) is 5.10 Å². The Morgan fingerprint density at radius 3 is 2.27 bits per heavy atom. The molecule has 2 N–H and O–H groups in total. The Morgan fingerprint density at radius 1 is 1.03 bits per heavy atom. The molecule has 0 amide bonds. The molecule has 0 saturated carbocycles. The Labute approximate surface area is 173 Å². The number of esters is 2. The predicted octanol–water partition coefficient (Wildman–Crippen LogP) is 1.35. The van der Waals surface area contributed by atoms with Crippen molar-refractivity contribution >= 4 is 24.5 Å². The minimum atomic E-state index is -1.63. The molecule has 0 fully saturated rings. The Morgan fingerprint density at radius 2 is 1.70 bits per heavy atom. The van der Waals surface area contributed by atoms with Crippen LogP contribution in [0.3, 0.4) is 0 Å². The fraction of sp³-hybridized carbons (Fsp3) is 0.190. The van der Waals surface area contributed by atoms with Gasteiger partial charge in [-0.3, -0.25) is 0 Å². The second kappa shape index (κ2) is 8.94. The monoisotopic (exact) mass is 408 g/mol. The van der Waals surface area contributed by atoms with Gasteiger partial charge in [-0.25, -0.2) is 14.3 Å². The van der Waals surface area contributed by atoms with Crippen LogP contribution in [0.1, 0.15) is 33.3 Å². The molecule has 154 valence electrons. The summed E-state index contributed by atoms with van der Waals surface area (Å²) in [7, 11) is 0.816. The summed E-state index contributed by atoms with van der Waals surface area (Å²) in [5, 5.41) is 23.5. The number of rotatable bonds is 6. The van der Waals surface area contributed by atoms with Gasteiger partial charge in [0.1, 0.15) is 11.3 Å². The van der Waals surface area contributed by atoms with Crippen LogP contribution >= 0.6 is 0 Å². The van der Waals surface area contributed by atoms with E-state index in [9.17, 15) is 19.6 Å². The van der Waals surface area contributed by atoms with Gasteiger partial charge in [-0.15, -0.1) is 0 Å². The van der Waals surface area contributed by atoms with Crippen molar-refractivity contribution in [3.05, 3.63) is 65.4 Å². The lowest BCUT2D eigenvalue weighted by Gasteiger charge is -2.10. The molecule has 0 aliphatic heterocycles. The summed E-state index contributed by atoms with van der Waals surface area (Å²) in [5.74, 6) is -1.47. The van der Waals surface area contributed by atoms with E-state index in [1.807, 2.05) is 13.0 Å². The summed E-state index contributed by atoms with van der Waals surface area (Å²) in [4.78, 5) is 25.3. The molecule has 8 nitrogen and oxygen atoms in total. The average molecular weight is 408 g/mol. The van der Waals surface area contributed by atoms with E-state index < -0.39 is 19.1 Å². The van der Waals surface area contributed by atoms with E-state index in [-0.39, 0.29) is 17.0 Å². The standard InChI is InChI=1S/C21H21BN2O6/c1-4-13-12-14(22(27)28)10-11-16(13)18-17(20(25)29-2)19(21(26)30-3)24(23-18)15-8-6-5-7-9-15/h5-12,27-28H,4H2,1-3H3. The SMILES string of the molecule is CCc1cc(B(O)O)ccc1-c1nn(-c2ccccc2)c(C(=O)OC)c1C(=O)OC. The first-order valence-corrected chi connectivity index (χ1v) is 9.27. The Kier molecular flexibility index (Phi) is 6.34. The van der Waals surface area contributed by atoms with Crippen LogP contribution in [0.5, 0.6) is 0 Å². The summed E-state index contributed by atoms with van der Waals surface area (Å²) in [6, 6.07) is 13.7. The number of carbonyl (C=O) groups is 2. The maximum absolute atomic E-state index is 12.7. The molecule has 0 spiro atoms. The number of carbonyl (C=O) groups excluding carboxylic acids is 2. The molecule has 3 rings (SSSR count). The molecule has 9 heteroatoms. The first-order chi connectivity index (χ1) is 14.4. The number of hydrogen-bond donors (Lipinski definition) is 2. The number of aryl methyl sites for hydroxylation is 1. The van der Waals surface area contributed by atoms with Crippen molar-refractivity contribution in [1.29, 1.82) is 0 Å². The van der Waals surface area contributed by atoms with Gasteiger partial charge in [-0.1, -0.05) is 43.3 Å². The fourth-order valence-electron chi connectivity index (χ4n) is 3.24. The van der Waals surface area contributed by atoms with Gasteiger partial charge in [-0.05, 0) is 29.6 Å². The molecule has 1 aromatic heterocycles. The van der Waals surface area contributed by atoms with Crippen LogP contribution in [0.25, 0.3) is 16.9 Å². The molecule has 0 aliphatic carbocycles. The van der Waals surface area contributed by atoms with E-state index >= 15 is 0 Å². The zero-order valence-corrected chi connectivity index (χ0v) is 16.8. The third kappa shape index (κ3) is 3.85. The minimum absolute atomic E-state index is 0.0276. The van der Waals surface area contributed by atoms with Crippen molar-refractivity contribution in [3.63, 3.8) is 0 Å². The number of para-hydroxylation sites is 1. The lowest BCUT2D eigenvalue weighted by Crippen LogP contribution is -2.30. The molecule has 2 aromatic carbocycles. The van der Waals surface area contributed by atoms with Gasteiger partial charge in [0.05, 0.1) is 19.9 Å². The summed E-state index contributed by atoms with van der Waals surface area (Å²) in [5.41, 5.74) is 2.32. The van der Waals surface area contributed by atoms with Crippen LogP contribution in [-0.2, 0) is 15.9 Å². The Balaban J connectivity index is 2.36. The minimum Gasteiger partial charge on any atom is -0.465 e. The first-order valence-electron chi connectivity index (χ1n) is 9.27. The third-order valence-corrected chi connectivity index (χ3v) is 4.72. The first kappa shape index (κ1) is 21.3. The fourth-order valence-corrected chi connectivity index (χ4v) is 3.24. The summed E-state index contributed by atoms with van der Waals surface area (Å²) >= 11 is 0. The highest BCUT2D eigenvalue weighted by Gasteiger charge is 2.32. The molecule has 0 saturated heterocycles. The number of ether oxygens (including phenoxy) is 2. The second-order valence-corrected chi connectivity index (χ2v) is 6.45. The number of aromatic nitrogens is 2. The largest absolute Gasteiger partial charge is 0.488 e. The van der Waals surface area contributed by atoms with Gasteiger partial charge in [0.25, 0.3) is 0 Å². The van der Waals surface area contributed by atoms with Gasteiger partial charge < -0.3 is 19.5 Å². The van der Waals surface area contributed by atoms with Crippen molar-refractivity contribution in [2.24, 2.45) is 0 Å². The van der Waals surface area contributed by atoms with Gasteiger partial charge in [0.15, 0.2) is 5.69 Å². The van der Waals surface area contributed by atoms with Gasteiger partial charge in [0, 0.05) is 5.56 Å². The highest BCUT2D eigenvalue weighted by Crippen LogP contribution is 2.31. The number of nitrogens with zero attached hydrogens (tertiary/aromatic N) is 2. The zero-order chi connectivity index (χ0) is 21.8. The van der Waals surface area contributed by atoms with E-state index in [0.29, 0.717) is 23.1 Å². The predicted molar refractivity (Wildman–Crippen MR) is 111 cm³/mol. The molecule has 0 unspecified atom stereocenters. The zero-order valence-electron chi connectivity index (χ0n) is 16.8. The molecule has 0 radical (unpaired) electrons. The van der Waals surface area contributed by atoms with Crippen LogP contribution in [0.2, 0.25) is 0 Å². The maximum Gasteiger partial charge on any atom is 0.488 e. The molecule has 0 atom stereocenters. The number of benzene rings is 2. The van der Waals surface area contributed by atoms with E-state index in [4.69, 9.17) is 9.47 Å². The maximum atomic E-state index is 12.7. The lowest BCUT2D eigenvalue weighted by molar-refractivity contribution is 0.0549. The van der Waals surface area contributed by atoms with Crippen LogP contribution in [0, 0.1) is 0 Å². The lowest BCUT2D eigenvalue weighted by atomic mass is 9.78. The molecular formula is C21H21BN2O6. The number of methoxy groups -OCH3 is 2. The molecular weight excluding hydrogens is 387 g/mol. The van der Waals surface area contributed by atoms with Crippen molar-refractivity contribution in [2.75, 3.05) is 14.2 Å². The quantitative estimate of drug-likeness (QED) is 0.468. The molecule has 0 aliphatic rings. The van der Waals surface area contributed by atoms with Gasteiger partial charge >= 0.3 is 19.1 Å². The summed E-state index contributed by atoms with van der Waals surface area (Å²) < 4.78 is 11.2. The second-order valence-electron chi connectivity index (χ2n) is 6.45. The third-order valence-electron chi connectivity index (χ3n) is 4.72. The molecule has 3 aromatic rings. The number of hydrogen-bond acceptors (Lipinski definition) is 7. The average Bonchev–Trinajstić information content (AvgIpc) is 3.18. The molecule has 0 bridgehead atoms. The van der Waals surface area contributed by atoms with Crippen molar-refractivity contribution < 1.29 is 29.1 Å². The highest BCUT2D eigenvalue weighted by molar-refractivity contribution is 6.58. The van der Waals surface area contributed by atoms with Crippen LogP contribution in [0.15, 0.2) is 48.5 Å². The summed E-state index contributed by atoms with van der Waals surface area (Å²) in [6.45, 7) is 1.89. The van der Waals surface area contributed by atoms with Crippen LogP contribution in [0.4, 0.5) is 0 Å². The summed E-state index contributed by atoms with van der Waals surface area (Å²) in [6.07, 6.45) is 0.530. The molecule has 30 heavy (non-hydrogen) atoms. The van der Waals surface area contributed by atoms with E-state index in [1.54, 1.807) is 36.4 Å². The Bertz CT molecular complexity index is 1080. The topological polar surface area (TPSA) is 111 Å². The van der Waals surface area contributed by atoms with Crippen molar-refractivity contribution in [1.82, 2.24) is 9.78 Å². The normalized spacial score (nSPS) is 10.6. The van der Waals surface area contributed by atoms with Crippen LogP contribution in [-0.4, -0.2) is 53.1 Å². The molecule has 1 heterocycles. The smallest absolute Gasteiger partial charge is 0.465 e. The van der Waals surface area contributed by atoms with Gasteiger partial charge in [0.2, 0.25) is 0 Å². The van der Waals surface area contributed by atoms with Crippen molar-refractivity contribution in [3.8, 4) is 16.9 Å². The highest BCUT2D eigenvalue weighted by atomic mass is 16.5.